The molecule has 0 amide bonds. The number of hydrogen-bond donors (Lipinski definition) is 2. The van der Waals surface area contributed by atoms with Crippen LogP contribution in [0.1, 0.15) is 44.2 Å². The summed E-state index contributed by atoms with van der Waals surface area (Å²) < 4.78 is 24.6. The molecule has 0 unspecified atom stereocenters. The van der Waals surface area contributed by atoms with E-state index < -0.39 is 10.0 Å². The molecule has 7 heteroatoms. The fraction of sp³-hybridized carbons (Fsp3) is 0.400. The Hall–Kier alpha value is -1.70. The second kappa shape index (κ2) is 6.60. The first-order chi connectivity index (χ1) is 10.3. The van der Waals surface area contributed by atoms with Crippen LogP contribution < -0.4 is 10.5 Å². The lowest BCUT2D eigenvalue weighted by Gasteiger charge is -2.16. The van der Waals surface area contributed by atoms with E-state index in [0.717, 1.165) is 11.4 Å². The van der Waals surface area contributed by atoms with Gasteiger partial charge in [0.2, 0.25) is 10.0 Å². The molecule has 0 spiro atoms. The van der Waals surface area contributed by atoms with Crippen molar-refractivity contribution in [2.75, 3.05) is 0 Å². The molecule has 0 bridgehead atoms. The van der Waals surface area contributed by atoms with Crippen LogP contribution in [0.3, 0.4) is 0 Å². The van der Waals surface area contributed by atoms with Crippen molar-refractivity contribution in [1.82, 2.24) is 14.9 Å². The van der Waals surface area contributed by atoms with Gasteiger partial charge in [0.05, 0.1) is 11.4 Å². The third-order valence-electron chi connectivity index (χ3n) is 3.58. The monoisotopic (exact) mass is 322 g/mol. The molecule has 0 saturated heterocycles. The molecule has 3 N–H and O–H groups in total. The maximum Gasteiger partial charge on any atom is 0.238 e. The summed E-state index contributed by atoms with van der Waals surface area (Å²) in [5, 5.41) is 8.49. The van der Waals surface area contributed by atoms with E-state index in [1.54, 1.807) is 18.3 Å². The molecule has 1 aromatic heterocycles. The first-order valence-corrected chi connectivity index (χ1v) is 8.71. The molecular weight excluding hydrogens is 300 g/mol. The first kappa shape index (κ1) is 16.7. The normalized spacial score (nSPS) is 13.5. The molecule has 2 rings (SSSR count). The number of hydrogen-bond acceptors (Lipinski definition) is 4. The molecular formula is C15H22N4O2S. The second-order valence-electron chi connectivity index (χ2n) is 5.56. The van der Waals surface area contributed by atoms with E-state index in [1.807, 2.05) is 13.1 Å². The van der Waals surface area contributed by atoms with Gasteiger partial charge in [-0.3, -0.25) is 0 Å². The van der Waals surface area contributed by atoms with Crippen LogP contribution in [0.5, 0.6) is 0 Å². The van der Waals surface area contributed by atoms with E-state index >= 15 is 0 Å². The largest absolute Gasteiger partial charge is 0.331 e. The molecule has 1 aromatic carbocycles. The van der Waals surface area contributed by atoms with Crippen molar-refractivity contribution in [3.8, 4) is 0 Å². The average Bonchev–Trinajstić information content (AvgIpc) is 2.92. The van der Waals surface area contributed by atoms with Crippen molar-refractivity contribution >= 4 is 10.0 Å². The highest BCUT2D eigenvalue weighted by molar-refractivity contribution is 7.89. The molecule has 1 heterocycles. The van der Waals surface area contributed by atoms with Crippen molar-refractivity contribution in [2.45, 2.75) is 44.3 Å². The van der Waals surface area contributed by atoms with Gasteiger partial charge in [-0.25, -0.2) is 18.5 Å². The minimum Gasteiger partial charge on any atom is -0.331 e. The summed E-state index contributed by atoms with van der Waals surface area (Å²) in [6, 6.07) is 7.03. The van der Waals surface area contributed by atoms with Gasteiger partial charge in [-0.05, 0) is 38.5 Å². The highest BCUT2D eigenvalue weighted by atomic mass is 32.2. The third kappa shape index (κ3) is 3.94. The molecule has 0 saturated carbocycles. The number of nitrogens with zero attached hydrogens (tertiary/aromatic N) is 2. The average molecular weight is 322 g/mol. The molecule has 0 fully saturated rings. The Balaban J connectivity index is 2.03. The highest BCUT2D eigenvalue weighted by Gasteiger charge is 2.11. The number of nitrogens with two attached hydrogens (primary N) is 1. The molecule has 2 aromatic rings. The summed E-state index contributed by atoms with van der Waals surface area (Å²) in [5.74, 6) is 0.975. The van der Waals surface area contributed by atoms with E-state index in [1.165, 1.54) is 12.1 Å². The molecule has 22 heavy (non-hydrogen) atoms. The molecule has 0 aliphatic rings. The lowest BCUT2D eigenvalue weighted by Crippen LogP contribution is -2.21. The number of rotatable bonds is 6. The summed E-state index contributed by atoms with van der Waals surface area (Å²) >= 11 is 0. The first-order valence-electron chi connectivity index (χ1n) is 7.17. The van der Waals surface area contributed by atoms with Crippen molar-refractivity contribution < 1.29 is 8.42 Å². The SMILES string of the molecule is CC(C)n1ccnc1CN[C@@H](C)c1ccc(S(N)(=O)=O)cc1. The van der Waals surface area contributed by atoms with Gasteiger partial charge in [0.1, 0.15) is 5.82 Å². The number of benzene rings is 1. The van der Waals surface area contributed by atoms with Crippen LogP contribution in [0, 0.1) is 0 Å². The van der Waals surface area contributed by atoms with E-state index in [-0.39, 0.29) is 10.9 Å². The van der Waals surface area contributed by atoms with Gasteiger partial charge in [-0.1, -0.05) is 12.1 Å². The maximum atomic E-state index is 11.2. The Labute approximate surface area is 131 Å². The zero-order valence-electron chi connectivity index (χ0n) is 13.0. The summed E-state index contributed by atoms with van der Waals surface area (Å²) in [6.07, 6.45) is 3.76. The number of sulfonamides is 1. The van der Waals surface area contributed by atoms with Gasteiger partial charge < -0.3 is 9.88 Å². The van der Waals surface area contributed by atoms with Crippen LogP contribution >= 0.6 is 0 Å². The van der Waals surface area contributed by atoms with Crippen LogP contribution in [-0.2, 0) is 16.6 Å². The van der Waals surface area contributed by atoms with E-state index in [2.05, 4.69) is 28.7 Å². The van der Waals surface area contributed by atoms with E-state index in [0.29, 0.717) is 12.6 Å². The smallest absolute Gasteiger partial charge is 0.238 e. The van der Waals surface area contributed by atoms with Gasteiger partial charge in [0.15, 0.2) is 0 Å². The summed E-state index contributed by atoms with van der Waals surface area (Å²) in [7, 11) is -3.64. The molecule has 0 aliphatic carbocycles. The number of primary sulfonamides is 1. The van der Waals surface area contributed by atoms with Crippen LogP contribution in [0.2, 0.25) is 0 Å². The van der Waals surface area contributed by atoms with Crippen molar-refractivity contribution in [2.24, 2.45) is 5.14 Å². The molecule has 0 aliphatic heterocycles. The van der Waals surface area contributed by atoms with Gasteiger partial charge in [-0.15, -0.1) is 0 Å². The Morgan fingerprint density at radius 2 is 1.86 bits per heavy atom. The fourth-order valence-corrected chi connectivity index (χ4v) is 2.77. The highest BCUT2D eigenvalue weighted by Crippen LogP contribution is 2.16. The zero-order valence-corrected chi connectivity index (χ0v) is 13.8. The van der Waals surface area contributed by atoms with E-state index in [4.69, 9.17) is 5.14 Å². The summed E-state index contributed by atoms with van der Waals surface area (Å²) in [4.78, 5) is 4.48. The minimum atomic E-state index is -3.64. The van der Waals surface area contributed by atoms with Crippen molar-refractivity contribution in [3.63, 3.8) is 0 Å². The quantitative estimate of drug-likeness (QED) is 0.850. The van der Waals surface area contributed by atoms with Crippen LogP contribution in [-0.4, -0.2) is 18.0 Å². The lowest BCUT2D eigenvalue weighted by atomic mass is 10.1. The second-order valence-corrected chi connectivity index (χ2v) is 7.12. The maximum absolute atomic E-state index is 11.2. The number of imidazole rings is 1. The standard InChI is InChI=1S/C15H22N4O2S/c1-11(2)19-9-8-17-15(19)10-18-12(3)13-4-6-14(7-5-13)22(16,20)21/h4-9,11-12,18H,10H2,1-3H3,(H2,16,20,21)/t12-/m0/s1. The van der Waals surface area contributed by atoms with Crippen LogP contribution in [0.15, 0.2) is 41.6 Å². The zero-order chi connectivity index (χ0) is 16.3. The molecule has 1 atom stereocenters. The molecule has 0 radical (unpaired) electrons. The molecule has 6 nitrogen and oxygen atoms in total. The Morgan fingerprint density at radius 3 is 2.41 bits per heavy atom. The molecule has 120 valence electrons. The summed E-state index contributed by atoms with van der Waals surface area (Å²) in [5.41, 5.74) is 0.995. The number of nitrogens with one attached hydrogen (secondary N) is 1. The predicted octanol–water partition coefficient (Wildman–Crippen LogP) is 1.96. The Morgan fingerprint density at radius 1 is 1.23 bits per heavy atom. The summed E-state index contributed by atoms with van der Waals surface area (Å²) in [6.45, 7) is 6.89. The van der Waals surface area contributed by atoms with Crippen LogP contribution in [0.4, 0.5) is 0 Å². The van der Waals surface area contributed by atoms with E-state index in [9.17, 15) is 8.42 Å². The van der Waals surface area contributed by atoms with Gasteiger partial charge in [-0.2, -0.15) is 0 Å². The number of aromatic nitrogens is 2. The fourth-order valence-electron chi connectivity index (χ4n) is 2.26. The van der Waals surface area contributed by atoms with Crippen LogP contribution in [0.25, 0.3) is 0 Å². The minimum absolute atomic E-state index is 0.0758. The predicted molar refractivity (Wildman–Crippen MR) is 85.7 cm³/mol. The Kier molecular flexibility index (Phi) is 5.00. The lowest BCUT2D eigenvalue weighted by molar-refractivity contribution is 0.509. The van der Waals surface area contributed by atoms with Gasteiger partial charge in [0, 0.05) is 24.5 Å². The topological polar surface area (TPSA) is 90.0 Å². The third-order valence-corrected chi connectivity index (χ3v) is 4.51. The van der Waals surface area contributed by atoms with Crippen molar-refractivity contribution in [3.05, 3.63) is 48.0 Å². The van der Waals surface area contributed by atoms with Gasteiger partial charge in [0.25, 0.3) is 0 Å². The Bertz CT molecular complexity index is 720. The van der Waals surface area contributed by atoms with Crippen molar-refractivity contribution in [1.29, 1.82) is 0 Å². The van der Waals surface area contributed by atoms with Gasteiger partial charge >= 0.3 is 0 Å².